The van der Waals surface area contributed by atoms with Crippen LogP contribution in [0.5, 0.6) is 0 Å². The molecule has 140 valence electrons. The van der Waals surface area contributed by atoms with Gasteiger partial charge in [-0.05, 0) is 49.3 Å². The van der Waals surface area contributed by atoms with Crippen LogP contribution in [-0.4, -0.2) is 36.2 Å². The van der Waals surface area contributed by atoms with Crippen molar-refractivity contribution in [3.63, 3.8) is 0 Å². The van der Waals surface area contributed by atoms with Crippen LogP contribution in [0.4, 0.5) is 4.79 Å². The predicted octanol–water partition coefficient (Wildman–Crippen LogP) is 4.38. The number of carbonyl (C=O) groups is 1. The first-order valence-electron chi connectivity index (χ1n) is 8.88. The second-order valence-electron chi connectivity index (χ2n) is 7.52. The molecule has 2 fully saturated rings. The van der Waals surface area contributed by atoms with Crippen LogP contribution in [0.1, 0.15) is 45.1 Å². The number of ether oxygens (including phenoxy) is 1. The zero-order valence-corrected chi connectivity index (χ0v) is 16.5. The van der Waals surface area contributed by atoms with Crippen LogP contribution in [0, 0.1) is 5.92 Å². The molecule has 4 nitrogen and oxygen atoms in total. The minimum Gasteiger partial charge on any atom is -0.447 e. The second kappa shape index (κ2) is 8.15. The SMILES string of the molecule is CC(C)[C@H]1COC(=O)N1C1CCC(CN)(c2cccc(Cl)c2)CC1.Cl. The molecule has 1 aliphatic heterocycles. The van der Waals surface area contributed by atoms with E-state index in [0.717, 1.165) is 30.7 Å². The van der Waals surface area contributed by atoms with E-state index < -0.39 is 0 Å². The first-order valence-corrected chi connectivity index (χ1v) is 9.26. The minimum absolute atomic E-state index is 0. The summed E-state index contributed by atoms with van der Waals surface area (Å²) in [6.45, 7) is 5.43. The van der Waals surface area contributed by atoms with Crippen LogP contribution in [0.3, 0.4) is 0 Å². The van der Waals surface area contributed by atoms with E-state index in [0.29, 0.717) is 19.1 Å². The van der Waals surface area contributed by atoms with E-state index in [4.69, 9.17) is 22.1 Å². The van der Waals surface area contributed by atoms with Crippen molar-refractivity contribution in [1.29, 1.82) is 0 Å². The maximum absolute atomic E-state index is 12.2. The fourth-order valence-corrected chi connectivity index (χ4v) is 4.43. The third kappa shape index (κ3) is 3.91. The van der Waals surface area contributed by atoms with Gasteiger partial charge in [0.1, 0.15) is 6.61 Å². The molecular weight excluding hydrogens is 359 g/mol. The van der Waals surface area contributed by atoms with Gasteiger partial charge < -0.3 is 10.5 Å². The molecule has 1 atom stereocenters. The molecule has 1 aromatic carbocycles. The summed E-state index contributed by atoms with van der Waals surface area (Å²) in [6.07, 6.45) is 3.72. The van der Waals surface area contributed by atoms with Crippen LogP contribution in [0.15, 0.2) is 24.3 Å². The maximum Gasteiger partial charge on any atom is 0.410 e. The van der Waals surface area contributed by atoms with E-state index in [9.17, 15) is 4.79 Å². The Morgan fingerprint density at radius 3 is 2.60 bits per heavy atom. The van der Waals surface area contributed by atoms with Gasteiger partial charge in [0.2, 0.25) is 0 Å². The highest BCUT2D eigenvalue weighted by molar-refractivity contribution is 6.30. The lowest BCUT2D eigenvalue weighted by molar-refractivity contribution is 0.108. The number of nitrogens with zero attached hydrogens (tertiary/aromatic N) is 1. The van der Waals surface area contributed by atoms with Gasteiger partial charge in [-0.15, -0.1) is 12.4 Å². The monoisotopic (exact) mass is 386 g/mol. The molecule has 2 N–H and O–H groups in total. The Balaban J connectivity index is 0.00000225. The summed E-state index contributed by atoms with van der Waals surface area (Å²) >= 11 is 6.18. The number of carbonyl (C=O) groups excluding carboxylic acids is 1. The van der Waals surface area contributed by atoms with Gasteiger partial charge in [-0.1, -0.05) is 37.6 Å². The molecule has 1 heterocycles. The van der Waals surface area contributed by atoms with Crippen molar-refractivity contribution in [3.05, 3.63) is 34.9 Å². The van der Waals surface area contributed by atoms with Crippen LogP contribution in [0.2, 0.25) is 5.02 Å². The molecule has 1 aromatic rings. The van der Waals surface area contributed by atoms with Crippen molar-refractivity contribution in [1.82, 2.24) is 4.90 Å². The molecule has 25 heavy (non-hydrogen) atoms. The Labute approximate surface area is 161 Å². The highest BCUT2D eigenvalue weighted by Crippen LogP contribution is 2.42. The fraction of sp³-hybridized carbons (Fsp3) is 0.632. The van der Waals surface area contributed by atoms with Crippen molar-refractivity contribution >= 4 is 30.1 Å². The van der Waals surface area contributed by atoms with Gasteiger partial charge in [0.15, 0.2) is 0 Å². The Kier molecular flexibility index (Phi) is 6.63. The third-order valence-corrected chi connectivity index (χ3v) is 6.08. The van der Waals surface area contributed by atoms with Gasteiger partial charge in [0, 0.05) is 23.0 Å². The highest BCUT2D eigenvalue weighted by Gasteiger charge is 2.44. The zero-order valence-electron chi connectivity index (χ0n) is 14.9. The lowest BCUT2D eigenvalue weighted by Gasteiger charge is -2.43. The Hall–Kier alpha value is -0.970. The summed E-state index contributed by atoms with van der Waals surface area (Å²) < 4.78 is 5.32. The minimum atomic E-state index is -0.151. The normalized spacial score (nSPS) is 29.5. The van der Waals surface area contributed by atoms with Crippen molar-refractivity contribution in [2.45, 2.75) is 57.0 Å². The van der Waals surface area contributed by atoms with Gasteiger partial charge >= 0.3 is 6.09 Å². The van der Waals surface area contributed by atoms with Gasteiger partial charge in [-0.25, -0.2) is 4.79 Å². The van der Waals surface area contributed by atoms with E-state index in [1.165, 1.54) is 5.56 Å². The number of hydrogen-bond donors (Lipinski definition) is 1. The molecule has 6 heteroatoms. The van der Waals surface area contributed by atoms with Crippen LogP contribution in [-0.2, 0) is 10.2 Å². The Morgan fingerprint density at radius 1 is 1.36 bits per heavy atom. The van der Waals surface area contributed by atoms with Crippen molar-refractivity contribution in [2.75, 3.05) is 13.2 Å². The van der Waals surface area contributed by atoms with Gasteiger partial charge in [0.05, 0.1) is 6.04 Å². The molecule has 1 aliphatic carbocycles. The number of rotatable bonds is 4. The molecule has 1 saturated carbocycles. The number of hydrogen-bond acceptors (Lipinski definition) is 3. The topological polar surface area (TPSA) is 55.6 Å². The second-order valence-corrected chi connectivity index (χ2v) is 7.96. The number of nitrogens with two attached hydrogens (primary N) is 1. The predicted molar refractivity (Wildman–Crippen MR) is 104 cm³/mol. The van der Waals surface area contributed by atoms with Crippen LogP contribution < -0.4 is 5.73 Å². The molecule has 3 rings (SSSR count). The summed E-state index contributed by atoms with van der Waals surface area (Å²) in [5, 5.41) is 0.755. The standard InChI is InChI=1S/C19H27ClN2O2.ClH/c1-13(2)17-11-24-18(23)22(17)16-6-8-19(12-21,9-7-16)14-4-3-5-15(20)10-14;/h3-5,10,13,16-17H,6-9,11-12,21H2,1-2H3;1H/t16?,17-,19?;/m1./s1. The third-order valence-electron chi connectivity index (χ3n) is 5.85. The van der Waals surface area contributed by atoms with E-state index in [2.05, 4.69) is 19.9 Å². The molecule has 1 amide bonds. The molecule has 0 aromatic heterocycles. The molecular formula is C19H28Cl2N2O2. The van der Waals surface area contributed by atoms with E-state index in [1.54, 1.807) is 0 Å². The van der Waals surface area contributed by atoms with Gasteiger partial charge in [-0.3, -0.25) is 4.90 Å². The maximum atomic E-state index is 12.2. The molecule has 0 unspecified atom stereocenters. The average Bonchev–Trinajstić information content (AvgIpc) is 2.97. The fourth-order valence-electron chi connectivity index (χ4n) is 4.24. The van der Waals surface area contributed by atoms with Crippen molar-refractivity contribution in [3.8, 4) is 0 Å². The summed E-state index contributed by atoms with van der Waals surface area (Å²) in [7, 11) is 0. The number of cyclic esters (lactones) is 1. The molecule has 0 spiro atoms. The molecule has 2 aliphatic rings. The average molecular weight is 387 g/mol. The lowest BCUT2D eigenvalue weighted by Crippen LogP contribution is -2.49. The summed E-state index contributed by atoms with van der Waals surface area (Å²) in [4.78, 5) is 14.2. The summed E-state index contributed by atoms with van der Waals surface area (Å²) in [5.74, 6) is 0.408. The van der Waals surface area contributed by atoms with Crippen LogP contribution in [0.25, 0.3) is 0 Å². The van der Waals surface area contributed by atoms with Gasteiger partial charge in [-0.2, -0.15) is 0 Å². The summed E-state index contributed by atoms with van der Waals surface area (Å²) in [6, 6.07) is 8.50. The first kappa shape index (κ1) is 20.3. The van der Waals surface area contributed by atoms with Gasteiger partial charge in [0.25, 0.3) is 0 Å². The highest BCUT2D eigenvalue weighted by atomic mass is 35.5. The number of amides is 1. The first-order chi connectivity index (χ1) is 11.5. The number of benzene rings is 1. The van der Waals surface area contributed by atoms with Crippen molar-refractivity contribution < 1.29 is 9.53 Å². The van der Waals surface area contributed by atoms with Crippen molar-refractivity contribution in [2.24, 2.45) is 11.7 Å². The van der Waals surface area contributed by atoms with Crippen LogP contribution >= 0.6 is 24.0 Å². The number of halogens is 2. The Morgan fingerprint density at radius 2 is 2.04 bits per heavy atom. The Bertz CT molecular complexity index is 601. The quantitative estimate of drug-likeness (QED) is 0.834. The molecule has 0 bridgehead atoms. The summed E-state index contributed by atoms with van der Waals surface area (Å²) in [5.41, 5.74) is 7.37. The van der Waals surface area contributed by atoms with E-state index >= 15 is 0 Å². The largest absolute Gasteiger partial charge is 0.447 e. The molecule has 0 radical (unpaired) electrons. The van der Waals surface area contributed by atoms with E-state index in [-0.39, 0.29) is 36.0 Å². The lowest BCUT2D eigenvalue weighted by atomic mass is 9.68. The molecule has 1 saturated heterocycles. The van der Waals surface area contributed by atoms with E-state index in [1.807, 2.05) is 23.1 Å². The smallest absolute Gasteiger partial charge is 0.410 e. The zero-order chi connectivity index (χ0) is 17.3.